The molecule has 0 saturated carbocycles. The molecule has 0 spiro atoms. The summed E-state index contributed by atoms with van der Waals surface area (Å²) >= 11 is 0. The zero-order valence-corrected chi connectivity index (χ0v) is 14.6. The van der Waals surface area contributed by atoms with Crippen LogP contribution in [-0.2, 0) is 14.6 Å². The first-order valence-corrected chi connectivity index (χ1v) is 10.0. The fourth-order valence-corrected chi connectivity index (χ4v) is 5.53. The molecular formula is C17H19N3O4S. The van der Waals surface area contributed by atoms with Crippen LogP contribution in [0.2, 0.25) is 0 Å². The third kappa shape index (κ3) is 2.60. The van der Waals surface area contributed by atoms with Crippen LogP contribution < -0.4 is 5.32 Å². The van der Waals surface area contributed by atoms with Crippen molar-refractivity contribution in [2.75, 3.05) is 25.1 Å². The highest BCUT2D eigenvalue weighted by Crippen LogP contribution is 2.37. The van der Waals surface area contributed by atoms with Gasteiger partial charge in [-0.05, 0) is 12.0 Å². The maximum Gasteiger partial charge on any atom is 0.322 e. The monoisotopic (exact) mass is 361 g/mol. The van der Waals surface area contributed by atoms with Crippen molar-refractivity contribution in [3.8, 4) is 0 Å². The van der Waals surface area contributed by atoms with Crippen LogP contribution in [0.4, 0.5) is 4.79 Å². The number of amides is 3. The molecular weight excluding hydrogens is 342 g/mol. The van der Waals surface area contributed by atoms with E-state index in [4.69, 9.17) is 0 Å². The Balaban J connectivity index is 1.70. The van der Waals surface area contributed by atoms with Gasteiger partial charge in [0.2, 0.25) is 0 Å². The number of carbonyl (C=O) groups excluding carboxylic acids is 2. The van der Waals surface area contributed by atoms with Crippen LogP contribution in [-0.4, -0.2) is 61.3 Å². The predicted octanol–water partition coefficient (Wildman–Crippen LogP) is 0.666. The number of urea groups is 1. The van der Waals surface area contributed by atoms with E-state index in [1.54, 1.807) is 11.9 Å². The van der Waals surface area contributed by atoms with E-state index >= 15 is 0 Å². The molecule has 8 heteroatoms. The molecule has 0 bridgehead atoms. The number of rotatable bonds is 2. The van der Waals surface area contributed by atoms with Crippen molar-refractivity contribution in [3.05, 3.63) is 47.2 Å². The largest absolute Gasteiger partial charge is 0.329 e. The topological polar surface area (TPSA) is 86.8 Å². The van der Waals surface area contributed by atoms with Crippen LogP contribution in [0.1, 0.15) is 18.0 Å². The van der Waals surface area contributed by atoms with Gasteiger partial charge in [-0.15, -0.1) is 0 Å². The minimum Gasteiger partial charge on any atom is -0.329 e. The standard InChI is InChI=1S/C17H19N3O4S/c1-19-13-9-20(12-7-8-25(23,24)10-12)16(21)14(13)15(18-17(19)22)11-5-3-2-4-6-11/h2-6,12,15H,7-10H2,1H3,(H,18,22)/t12-,15-/m0/s1. The lowest BCUT2D eigenvalue weighted by Crippen LogP contribution is -2.45. The van der Waals surface area contributed by atoms with Gasteiger partial charge in [0.05, 0.1) is 35.4 Å². The molecule has 3 aliphatic heterocycles. The molecule has 0 radical (unpaired) electrons. The third-order valence-corrected chi connectivity index (χ3v) is 6.92. The molecule has 3 aliphatic rings. The summed E-state index contributed by atoms with van der Waals surface area (Å²) in [5.41, 5.74) is 2.04. The summed E-state index contributed by atoms with van der Waals surface area (Å²) in [6.07, 6.45) is 0.454. The van der Waals surface area contributed by atoms with E-state index in [0.717, 1.165) is 5.56 Å². The second kappa shape index (κ2) is 5.59. The van der Waals surface area contributed by atoms with E-state index in [2.05, 4.69) is 5.32 Å². The lowest BCUT2D eigenvalue weighted by atomic mass is 9.96. The van der Waals surface area contributed by atoms with Gasteiger partial charge in [-0.25, -0.2) is 13.2 Å². The number of hydrogen-bond acceptors (Lipinski definition) is 4. The summed E-state index contributed by atoms with van der Waals surface area (Å²) in [5.74, 6) is -0.0699. The van der Waals surface area contributed by atoms with Crippen molar-refractivity contribution < 1.29 is 18.0 Å². The zero-order chi connectivity index (χ0) is 17.8. The van der Waals surface area contributed by atoms with Crippen LogP contribution in [0.3, 0.4) is 0 Å². The second-order valence-electron chi connectivity index (χ2n) is 6.70. The summed E-state index contributed by atoms with van der Waals surface area (Å²) < 4.78 is 23.6. The molecule has 1 saturated heterocycles. The van der Waals surface area contributed by atoms with Gasteiger partial charge in [0.15, 0.2) is 9.84 Å². The summed E-state index contributed by atoms with van der Waals surface area (Å²) in [4.78, 5) is 28.4. The van der Waals surface area contributed by atoms with Gasteiger partial charge >= 0.3 is 6.03 Å². The minimum absolute atomic E-state index is 0.000390. The summed E-state index contributed by atoms with van der Waals surface area (Å²) in [6.45, 7) is 0.279. The van der Waals surface area contributed by atoms with Gasteiger partial charge in [0.1, 0.15) is 0 Å². The Kier molecular flexibility index (Phi) is 3.61. The SMILES string of the molecule is CN1C(=O)N[C@@H](c2ccccc2)C2=C1CN([C@H]1CCS(=O)(=O)C1)C2=O. The van der Waals surface area contributed by atoms with E-state index in [1.807, 2.05) is 30.3 Å². The Morgan fingerprint density at radius 2 is 1.88 bits per heavy atom. The lowest BCUT2D eigenvalue weighted by Gasteiger charge is -2.31. The second-order valence-corrected chi connectivity index (χ2v) is 8.93. The Hall–Kier alpha value is -2.35. The maximum atomic E-state index is 13.1. The van der Waals surface area contributed by atoms with Crippen LogP contribution in [0.25, 0.3) is 0 Å². The molecule has 0 aliphatic carbocycles. The first-order chi connectivity index (χ1) is 11.9. The van der Waals surface area contributed by atoms with Crippen molar-refractivity contribution in [2.24, 2.45) is 0 Å². The zero-order valence-electron chi connectivity index (χ0n) is 13.8. The molecule has 1 aromatic rings. The van der Waals surface area contributed by atoms with E-state index < -0.39 is 15.9 Å². The van der Waals surface area contributed by atoms with Crippen molar-refractivity contribution in [1.29, 1.82) is 0 Å². The number of likely N-dealkylation sites (N-methyl/N-ethyl adjacent to an activating group) is 1. The van der Waals surface area contributed by atoms with Gasteiger partial charge in [0.25, 0.3) is 5.91 Å². The highest BCUT2D eigenvalue weighted by atomic mass is 32.2. The number of nitrogens with one attached hydrogen (secondary N) is 1. The summed E-state index contributed by atoms with van der Waals surface area (Å²) in [6, 6.07) is 8.26. The fourth-order valence-electron chi connectivity index (χ4n) is 3.80. The predicted molar refractivity (Wildman–Crippen MR) is 91.3 cm³/mol. The van der Waals surface area contributed by atoms with Gasteiger partial charge < -0.3 is 10.2 Å². The quantitative estimate of drug-likeness (QED) is 0.839. The van der Waals surface area contributed by atoms with Gasteiger partial charge in [-0.3, -0.25) is 9.69 Å². The van der Waals surface area contributed by atoms with E-state index in [-0.39, 0.29) is 36.0 Å². The maximum absolute atomic E-state index is 13.1. The molecule has 3 heterocycles. The normalized spacial score (nSPS) is 28.4. The third-order valence-electron chi connectivity index (χ3n) is 5.17. The van der Waals surface area contributed by atoms with Crippen LogP contribution in [0.5, 0.6) is 0 Å². The molecule has 1 N–H and O–H groups in total. The molecule has 2 atom stereocenters. The molecule has 3 amide bonds. The molecule has 7 nitrogen and oxygen atoms in total. The first-order valence-electron chi connectivity index (χ1n) is 8.21. The van der Waals surface area contributed by atoms with Gasteiger partial charge in [-0.2, -0.15) is 0 Å². The van der Waals surface area contributed by atoms with E-state index in [9.17, 15) is 18.0 Å². The van der Waals surface area contributed by atoms with Gasteiger partial charge in [0, 0.05) is 13.1 Å². The fraction of sp³-hybridized carbons (Fsp3) is 0.412. The Bertz CT molecular complexity index is 878. The van der Waals surface area contributed by atoms with E-state index in [1.165, 1.54) is 4.90 Å². The van der Waals surface area contributed by atoms with Crippen LogP contribution in [0, 0.1) is 0 Å². The summed E-state index contributed by atoms with van der Waals surface area (Å²) in [7, 11) is -1.45. The van der Waals surface area contributed by atoms with Crippen LogP contribution >= 0.6 is 0 Å². The lowest BCUT2D eigenvalue weighted by molar-refractivity contribution is -0.127. The Morgan fingerprint density at radius 3 is 2.52 bits per heavy atom. The van der Waals surface area contributed by atoms with Crippen molar-refractivity contribution in [1.82, 2.24) is 15.1 Å². The molecule has 1 fully saturated rings. The molecule has 132 valence electrons. The first kappa shape index (κ1) is 16.1. The number of nitrogens with zero attached hydrogens (tertiary/aromatic N) is 2. The van der Waals surface area contributed by atoms with Crippen molar-refractivity contribution in [2.45, 2.75) is 18.5 Å². The number of carbonyl (C=O) groups is 2. The van der Waals surface area contributed by atoms with E-state index in [0.29, 0.717) is 17.7 Å². The van der Waals surface area contributed by atoms with Gasteiger partial charge in [-0.1, -0.05) is 30.3 Å². The Labute approximate surface area is 146 Å². The molecule has 4 rings (SSSR count). The number of sulfone groups is 1. The smallest absolute Gasteiger partial charge is 0.322 e. The Morgan fingerprint density at radius 1 is 1.16 bits per heavy atom. The number of hydrogen-bond donors (Lipinski definition) is 1. The summed E-state index contributed by atoms with van der Waals surface area (Å²) in [5, 5.41) is 2.88. The number of benzene rings is 1. The molecule has 0 unspecified atom stereocenters. The van der Waals surface area contributed by atoms with Crippen molar-refractivity contribution in [3.63, 3.8) is 0 Å². The highest BCUT2D eigenvalue weighted by Gasteiger charge is 2.46. The molecule has 25 heavy (non-hydrogen) atoms. The van der Waals surface area contributed by atoms with Crippen molar-refractivity contribution >= 4 is 21.8 Å². The molecule has 1 aromatic carbocycles. The van der Waals surface area contributed by atoms with Crippen LogP contribution in [0.15, 0.2) is 41.6 Å². The molecule has 0 aromatic heterocycles. The highest BCUT2D eigenvalue weighted by molar-refractivity contribution is 7.91. The minimum atomic E-state index is -3.09. The average Bonchev–Trinajstić information content (AvgIpc) is 3.12. The average molecular weight is 361 g/mol.